The van der Waals surface area contributed by atoms with Gasteiger partial charge in [-0.2, -0.15) is 0 Å². The number of hydrogen-bond donors (Lipinski definition) is 2. The van der Waals surface area contributed by atoms with Gasteiger partial charge in [-0.3, -0.25) is 4.79 Å². The summed E-state index contributed by atoms with van der Waals surface area (Å²) in [6.45, 7) is 3.90. The van der Waals surface area contributed by atoms with Crippen LogP contribution in [-0.4, -0.2) is 10.9 Å². The van der Waals surface area contributed by atoms with Crippen molar-refractivity contribution in [3.63, 3.8) is 0 Å². The minimum atomic E-state index is -0.695. The number of nitrogens with zero attached hydrogens (tertiary/aromatic N) is 1. The number of benzene rings is 1. The normalized spacial score (nSPS) is 12.0. The van der Waals surface area contributed by atoms with Crippen molar-refractivity contribution in [1.82, 2.24) is 4.98 Å². The molecule has 1 unspecified atom stereocenters. The van der Waals surface area contributed by atoms with Crippen LogP contribution in [0.25, 0.3) is 0 Å². The van der Waals surface area contributed by atoms with E-state index in [1.54, 1.807) is 6.20 Å². The average molecular weight is 334 g/mol. The number of carbonyl (C=O) groups excluding carboxylic acids is 1. The number of anilines is 1. The van der Waals surface area contributed by atoms with Gasteiger partial charge in [0.05, 0.1) is 11.9 Å². The number of halogens is 1. The number of carbonyl (C=O) groups is 1. The second kappa shape index (κ2) is 6.15. The van der Waals surface area contributed by atoms with Gasteiger partial charge in [0.1, 0.15) is 10.6 Å². The Morgan fingerprint density at radius 1 is 1.30 bits per heavy atom. The van der Waals surface area contributed by atoms with E-state index in [2.05, 4.69) is 26.2 Å². The van der Waals surface area contributed by atoms with Gasteiger partial charge in [-0.1, -0.05) is 29.8 Å². The van der Waals surface area contributed by atoms with Crippen LogP contribution in [0, 0.1) is 13.8 Å². The second-order valence-corrected chi connectivity index (χ2v) is 5.46. The maximum Gasteiger partial charge on any atom is 0.245 e. The van der Waals surface area contributed by atoms with Crippen LogP contribution in [-0.2, 0) is 4.79 Å². The molecule has 4 nitrogen and oxygen atoms in total. The smallest absolute Gasteiger partial charge is 0.245 e. The summed E-state index contributed by atoms with van der Waals surface area (Å²) in [5, 5.41) is 2.78. The van der Waals surface area contributed by atoms with Gasteiger partial charge in [0.2, 0.25) is 5.91 Å². The van der Waals surface area contributed by atoms with Crippen molar-refractivity contribution in [3.8, 4) is 0 Å². The van der Waals surface area contributed by atoms with Gasteiger partial charge in [-0.15, -0.1) is 0 Å². The number of aromatic nitrogens is 1. The number of aryl methyl sites for hydroxylation is 2. The van der Waals surface area contributed by atoms with Crippen molar-refractivity contribution in [2.75, 3.05) is 5.32 Å². The highest BCUT2D eigenvalue weighted by Gasteiger charge is 2.16. The van der Waals surface area contributed by atoms with E-state index in [4.69, 9.17) is 5.73 Å². The zero-order valence-electron chi connectivity index (χ0n) is 11.4. The van der Waals surface area contributed by atoms with E-state index in [1.165, 1.54) is 0 Å². The Bertz CT molecular complexity index is 626. The molecular formula is C15H16BrN3O. The lowest BCUT2D eigenvalue weighted by molar-refractivity contribution is -0.117. The fraction of sp³-hybridized carbons (Fsp3) is 0.200. The Balaban J connectivity index is 2.11. The zero-order chi connectivity index (χ0) is 14.7. The lowest BCUT2D eigenvalue weighted by Gasteiger charge is -2.13. The molecule has 2 rings (SSSR count). The molecule has 20 heavy (non-hydrogen) atoms. The van der Waals surface area contributed by atoms with Gasteiger partial charge in [-0.05, 0) is 47.0 Å². The first-order valence-corrected chi connectivity index (χ1v) is 7.02. The summed E-state index contributed by atoms with van der Waals surface area (Å²) >= 11 is 3.32. The van der Waals surface area contributed by atoms with Crippen molar-refractivity contribution in [3.05, 3.63) is 57.8 Å². The van der Waals surface area contributed by atoms with Gasteiger partial charge in [0, 0.05) is 0 Å². The lowest BCUT2D eigenvalue weighted by atomic mass is 10.1. The highest BCUT2D eigenvalue weighted by atomic mass is 79.9. The molecule has 1 heterocycles. The molecule has 0 fully saturated rings. The van der Waals surface area contributed by atoms with Crippen molar-refractivity contribution < 1.29 is 4.79 Å². The van der Waals surface area contributed by atoms with Gasteiger partial charge in [-0.25, -0.2) is 4.98 Å². The van der Waals surface area contributed by atoms with Crippen LogP contribution in [0.3, 0.4) is 0 Å². The summed E-state index contributed by atoms with van der Waals surface area (Å²) in [4.78, 5) is 16.3. The fourth-order valence-corrected chi connectivity index (χ4v) is 1.99. The maximum absolute atomic E-state index is 12.1. The number of nitrogens with one attached hydrogen (secondary N) is 1. The number of amides is 1. The first-order valence-electron chi connectivity index (χ1n) is 6.22. The summed E-state index contributed by atoms with van der Waals surface area (Å²) in [5.41, 5.74) is 9.47. The molecular weight excluding hydrogens is 318 g/mol. The largest absolute Gasteiger partial charge is 0.323 e. The van der Waals surface area contributed by atoms with E-state index in [9.17, 15) is 4.79 Å². The van der Waals surface area contributed by atoms with E-state index in [0.717, 1.165) is 21.3 Å². The molecule has 1 aromatic carbocycles. The molecule has 3 N–H and O–H groups in total. The number of hydrogen-bond acceptors (Lipinski definition) is 3. The molecule has 0 aliphatic rings. The third-order valence-electron chi connectivity index (χ3n) is 3.00. The summed E-state index contributed by atoms with van der Waals surface area (Å²) in [5.74, 6) is -0.252. The molecule has 1 aromatic heterocycles. The van der Waals surface area contributed by atoms with E-state index in [1.807, 2.05) is 44.2 Å². The first-order chi connectivity index (χ1) is 9.47. The Morgan fingerprint density at radius 2 is 1.95 bits per heavy atom. The summed E-state index contributed by atoms with van der Waals surface area (Å²) in [6, 6.07) is 8.76. The van der Waals surface area contributed by atoms with Crippen LogP contribution in [0.15, 0.2) is 41.1 Å². The maximum atomic E-state index is 12.1. The Kier molecular flexibility index (Phi) is 4.52. The van der Waals surface area contributed by atoms with E-state index >= 15 is 0 Å². The van der Waals surface area contributed by atoms with Crippen LogP contribution in [0.5, 0.6) is 0 Å². The lowest BCUT2D eigenvalue weighted by Crippen LogP contribution is -2.27. The molecule has 1 amide bonds. The number of pyridine rings is 1. The standard InChI is InChI=1S/C15H16BrN3O/c1-9-3-5-11(6-4-9)13(17)15(20)19-12-7-10(2)14(16)18-8-12/h3-8,13H,17H2,1-2H3,(H,19,20). The average Bonchev–Trinajstić information content (AvgIpc) is 2.43. The van der Waals surface area contributed by atoms with E-state index < -0.39 is 6.04 Å². The van der Waals surface area contributed by atoms with Crippen LogP contribution in [0.2, 0.25) is 0 Å². The molecule has 0 bridgehead atoms. The fourth-order valence-electron chi connectivity index (χ4n) is 1.77. The van der Waals surface area contributed by atoms with Crippen molar-refractivity contribution in [1.29, 1.82) is 0 Å². The monoisotopic (exact) mass is 333 g/mol. The van der Waals surface area contributed by atoms with E-state index in [-0.39, 0.29) is 5.91 Å². The molecule has 0 spiro atoms. The summed E-state index contributed by atoms with van der Waals surface area (Å²) in [6.07, 6.45) is 1.59. The van der Waals surface area contributed by atoms with Crippen LogP contribution < -0.4 is 11.1 Å². The van der Waals surface area contributed by atoms with Crippen molar-refractivity contribution in [2.24, 2.45) is 5.73 Å². The molecule has 0 saturated carbocycles. The third kappa shape index (κ3) is 3.43. The molecule has 5 heteroatoms. The molecule has 1 atom stereocenters. The zero-order valence-corrected chi connectivity index (χ0v) is 12.9. The Labute approximate surface area is 126 Å². The van der Waals surface area contributed by atoms with Crippen LogP contribution in [0.4, 0.5) is 5.69 Å². The van der Waals surface area contributed by atoms with Crippen LogP contribution in [0.1, 0.15) is 22.7 Å². The SMILES string of the molecule is Cc1ccc(C(N)C(=O)Nc2cnc(Br)c(C)c2)cc1. The van der Waals surface area contributed by atoms with Gasteiger partial charge < -0.3 is 11.1 Å². The minimum absolute atomic E-state index is 0.252. The Morgan fingerprint density at radius 3 is 2.55 bits per heavy atom. The molecule has 104 valence electrons. The van der Waals surface area contributed by atoms with Gasteiger partial charge in [0.15, 0.2) is 0 Å². The van der Waals surface area contributed by atoms with Crippen LogP contribution >= 0.6 is 15.9 Å². The van der Waals surface area contributed by atoms with E-state index in [0.29, 0.717) is 5.69 Å². The highest BCUT2D eigenvalue weighted by Crippen LogP contribution is 2.18. The Hall–Kier alpha value is -1.72. The molecule has 0 aliphatic carbocycles. The number of nitrogens with two attached hydrogens (primary N) is 1. The molecule has 0 aliphatic heterocycles. The first kappa shape index (κ1) is 14.7. The summed E-state index contributed by atoms with van der Waals surface area (Å²) < 4.78 is 0.762. The minimum Gasteiger partial charge on any atom is -0.323 e. The number of rotatable bonds is 3. The highest BCUT2D eigenvalue weighted by molar-refractivity contribution is 9.10. The topological polar surface area (TPSA) is 68.0 Å². The van der Waals surface area contributed by atoms with Crippen molar-refractivity contribution >= 4 is 27.5 Å². The van der Waals surface area contributed by atoms with Gasteiger partial charge >= 0.3 is 0 Å². The molecule has 0 saturated heterocycles. The van der Waals surface area contributed by atoms with Gasteiger partial charge in [0.25, 0.3) is 0 Å². The quantitative estimate of drug-likeness (QED) is 0.848. The predicted molar refractivity (Wildman–Crippen MR) is 83.4 cm³/mol. The predicted octanol–water partition coefficient (Wildman–Crippen LogP) is 3.10. The second-order valence-electron chi connectivity index (χ2n) is 4.71. The molecule has 2 aromatic rings. The third-order valence-corrected chi connectivity index (χ3v) is 3.83. The summed E-state index contributed by atoms with van der Waals surface area (Å²) in [7, 11) is 0. The van der Waals surface area contributed by atoms with Crippen molar-refractivity contribution in [2.45, 2.75) is 19.9 Å². The molecule has 0 radical (unpaired) electrons.